The summed E-state index contributed by atoms with van der Waals surface area (Å²) in [6.45, 7) is 3.26. The van der Waals surface area contributed by atoms with Crippen LogP contribution in [0.3, 0.4) is 0 Å². The van der Waals surface area contributed by atoms with Crippen LogP contribution in [0.5, 0.6) is 0 Å². The number of anilines is 1. The van der Waals surface area contributed by atoms with E-state index in [-0.39, 0.29) is 22.6 Å². The van der Waals surface area contributed by atoms with Gasteiger partial charge in [-0.1, -0.05) is 48.5 Å². The molecule has 0 aliphatic carbocycles. The van der Waals surface area contributed by atoms with Crippen LogP contribution in [0, 0.1) is 5.92 Å². The number of hydrogen-bond acceptors (Lipinski definition) is 5. The Morgan fingerprint density at radius 3 is 2.11 bits per heavy atom. The van der Waals surface area contributed by atoms with Crippen LogP contribution in [0.1, 0.15) is 11.5 Å². The van der Waals surface area contributed by atoms with Crippen LogP contribution in [-0.2, 0) is 14.8 Å². The summed E-state index contributed by atoms with van der Waals surface area (Å²) in [6.07, 6.45) is 0. The molecule has 2 aliphatic rings. The quantitative estimate of drug-likeness (QED) is 0.394. The fourth-order valence-corrected chi connectivity index (χ4v) is 9.36. The van der Waals surface area contributed by atoms with E-state index in [0.717, 1.165) is 28.1 Å². The molecule has 1 aromatic heterocycles. The number of hydrogen-bond donors (Lipinski definition) is 0. The lowest BCUT2D eigenvalue weighted by atomic mass is 9.88. The van der Waals surface area contributed by atoms with Crippen molar-refractivity contribution in [1.29, 1.82) is 0 Å². The third kappa shape index (κ3) is 5.09. The molecule has 0 bridgehead atoms. The van der Waals surface area contributed by atoms with Gasteiger partial charge in [-0.25, -0.2) is 8.42 Å². The van der Waals surface area contributed by atoms with Gasteiger partial charge in [0.05, 0.1) is 9.70 Å². The average molecular weight is 639 g/mol. The molecule has 3 heterocycles. The van der Waals surface area contributed by atoms with Gasteiger partial charge in [-0.15, -0.1) is 11.3 Å². The number of rotatable bonds is 5. The molecule has 2 aromatic carbocycles. The molecule has 10 heteroatoms. The lowest BCUT2D eigenvalue weighted by Gasteiger charge is -2.37. The molecule has 5 rings (SSSR count). The lowest BCUT2D eigenvalue weighted by molar-refractivity contribution is -0.135. The van der Waals surface area contributed by atoms with Crippen molar-refractivity contribution in [2.45, 2.75) is 10.1 Å². The second-order valence-corrected chi connectivity index (χ2v) is 14.2. The number of para-hydroxylation sites is 1. The molecule has 35 heavy (non-hydrogen) atoms. The van der Waals surface area contributed by atoms with Gasteiger partial charge in [-0.2, -0.15) is 4.31 Å². The maximum absolute atomic E-state index is 13.8. The molecule has 2 saturated heterocycles. The number of nitrogens with zero attached hydrogens (tertiary/aromatic N) is 3. The minimum Gasteiger partial charge on any atom is -0.368 e. The van der Waals surface area contributed by atoms with Crippen LogP contribution in [0.15, 0.2) is 79.2 Å². The molecular formula is C25H25Br2N3O3S2. The number of carbonyl (C=O) groups is 1. The zero-order valence-corrected chi connectivity index (χ0v) is 23.7. The Morgan fingerprint density at radius 1 is 0.886 bits per heavy atom. The van der Waals surface area contributed by atoms with E-state index >= 15 is 0 Å². The SMILES string of the molecule is O=C([C@@H]1CN(S(=O)(=O)c2cc(Br)c(Br)s2)C[C@H]1c1ccccc1)N1CCN(c2ccccc2)CC1. The van der Waals surface area contributed by atoms with Gasteiger partial charge in [-0.3, -0.25) is 4.79 Å². The maximum atomic E-state index is 13.8. The van der Waals surface area contributed by atoms with Crippen LogP contribution in [0.2, 0.25) is 0 Å². The molecule has 1 amide bonds. The molecule has 2 atom stereocenters. The monoisotopic (exact) mass is 637 g/mol. The average Bonchev–Trinajstić information content (AvgIpc) is 3.49. The Hall–Kier alpha value is -1.72. The second-order valence-electron chi connectivity index (χ2n) is 8.78. The van der Waals surface area contributed by atoms with Crippen molar-refractivity contribution >= 4 is 64.8 Å². The number of sulfonamides is 1. The number of carbonyl (C=O) groups excluding carboxylic acids is 1. The van der Waals surface area contributed by atoms with Gasteiger partial charge in [-0.05, 0) is 55.6 Å². The predicted octanol–water partition coefficient (Wildman–Crippen LogP) is 5.03. The van der Waals surface area contributed by atoms with Crippen molar-refractivity contribution in [3.8, 4) is 0 Å². The van der Waals surface area contributed by atoms with E-state index in [2.05, 4.69) is 48.9 Å². The molecule has 0 radical (unpaired) electrons. The highest BCUT2D eigenvalue weighted by Crippen LogP contribution is 2.41. The van der Waals surface area contributed by atoms with Crippen LogP contribution >= 0.6 is 43.2 Å². The van der Waals surface area contributed by atoms with Gasteiger partial charge in [0.25, 0.3) is 10.0 Å². The second kappa shape index (κ2) is 10.3. The summed E-state index contributed by atoms with van der Waals surface area (Å²) in [4.78, 5) is 18.0. The normalized spacial score (nSPS) is 21.4. The fourth-order valence-electron chi connectivity index (χ4n) is 4.89. The van der Waals surface area contributed by atoms with Gasteiger partial charge in [0.15, 0.2) is 0 Å². The number of piperazine rings is 1. The Balaban J connectivity index is 1.36. The van der Waals surface area contributed by atoms with E-state index in [9.17, 15) is 13.2 Å². The Kier molecular flexibility index (Phi) is 7.37. The third-order valence-electron chi connectivity index (χ3n) is 6.76. The summed E-state index contributed by atoms with van der Waals surface area (Å²) < 4.78 is 30.2. The Bertz CT molecular complexity index is 1270. The van der Waals surface area contributed by atoms with Gasteiger partial charge in [0.2, 0.25) is 5.91 Å². The van der Waals surface area contributed by atoms with Crippen molar-refractivity contribution in [2.75, 3.05) is 44.2 Å². The first-order chi connectivity index (χ1) is 16.8. The largest absolute Gasteiger partial charge is 0.368 e. The standard InChI is InChI=1S/C25H25Br2N3O3S2/c26-22-15-23(34-24(22)27)35(32,33)30-16-20(18-7-3-1-4-8-18)21(17-30)25(31)29-13-11-28(12-14-29)19-9-5-2-6-10-19/h1-10,15,20-21H,11-14,16-17H2/t20-,21+/m0/s1. The molecule has 2 fully saturated rings. The fraction of sp³-hybridized carbons (Fsp3) is 0.320. The van der Waals surface area contributed by atoms with Crippen molar-refractivity contribution in [1.82, 2.24) is 9.21 Å². The van der Waals surface area contributed by atoms with E-state index in [1.807, 2.05) is 53.4 Å². The molecule has 0 N–H and O–H groups in total. The van der Waals surface area contributed by atoms with Gasteiger partial charge < -0.3 is 9.80 Å². The summed E-state index contributed by atoms with van der Waals surface area (Å²) in [5.74, 6) is -0.558. The summed E-state index contributed by atoms with van der Waals surface area (Å²) in [7, 11) is -3.71. The molecule has 2 aliphatic heterocycles. The smallest absolute Gasteiger partial charge is 0.252 e. The lowest BCUT2D eigenvalue weighted by Crippen LogP contribution is -2.51. The first-order valence-electron chi connectivity index (χ1n) is 11.4. The van der Waals surface area contributed by atoms with E-state index < -0.39 is 15.9 Å². The minimum atomic E-state index is -3.71. The highest BCUT2D eigenvalue weighted by Gasteiger charge is 2.45. The van der Waals surface area contributed by atoms with E-state index in [4.69, 9.17) is 0 Å². The van der Waals surface area contributed by atoms with Gasteiger partial charge >= 0.3 is 0 Å². The molecule has 0 spiro atoms. The number of thiophene rings is 1. The van der Waals surface area contributed by atoms with Crippen LogP contribution in [0.4, 0.5) is 5.69 Å². The van der Waals surface area contributed by atoms with Crippen molar-refractivity contribution in [3.63, 3.8) is 0 Å². The highest BCUT2D eigenvalue weighted by molar-refractivity contribution is 9.13. The molecule has 0 saturated carbocycles. The summed E-state index contributed by atoms with van der Waals surface area (Å²) in [6, 6.07) is 21.7. The molecule has 184 valence electrons. The zero-order valence-electron chi connectivity index (χ0n) is 18.9. The third-order valence-corrected chi connectivity index (χ3v) is 12.3. The van der Waals surface area contributed by atoms with Gasteiger partial charge in [0, 0.05) is 55.3 Å². The van der Waals surface area contributed by atoms with Crippen molar-refractivity contribution < 1.29 is 13.2 Å². The number of halogens is 2. The van der Waals surface area contributed by atoms with Crippen LogP contribution < -0.4 is 4.90 Å². The number of amides is 1. The van der Waals surface area contributed by atoms with Crippen molar-refractivity contribution in [3.05, 3.63) is 80.6 Å². The van der Waals surface area contributed by atoms with Gasteiger partial charge in [0.1, 0.15) is 4.21 Å². The predicted molar refractivity (Wildman–Crippen MR) is 146 cm³/mol. The zero-order chi connectivity index (χ0) is 24.6. The summed E-state index contributed by atoms with van der Waals surface area (Å²) >= 11 is 7.97. The molecular weight excluding hydrogens is 614 g/mol. The molecule has 3 aromatic rings. The highest BCUT2D eigenvalue weighted by atomic mass is 79.9. The topological polar surface area (TPSA) is 60.9 Å². The van der Waals surface area contributed by atoms with E-state index in [0.29, 0.717) is 24.1 Å². The first-order valence-corrected chi connectivity index (χ1v) is 15.3. The number of benzene rings is 2. The Morgan fingerprint density at radius 2 is 1.51 bits per heavy atom. The molecule has 6 nitrogen and oxygen atoms in total. The molecule has 0 unspecified atom stereocenters. The Labute approximate surface area is 226 Å². The van der Waals surface area contributed by atoms with Crippen molar-refractivity contribution in [2.24, 2.45) is 5.92 Å². The van der Waals surface area contributed by atoms with E-state index in [1.54, 1.807) is 6.07 Å². The van der Waals surface area contributed by atoms with Crippen LogP contribution in [-0.4, -0.2) is 62.8 Å². The minimum absolute atomic E-state index is 0.0396. The first kappa shape index (κ1) is 25.0. The maximum Gasteiger partial charge on any atom is 0.252 e. The van der Waals surface area contributed by atoms with Crippen LogP contribution in [0.25, 0.3) is 0 Å². The summed E-state index contributed by atoms with van der Waals surface area (Å²) in [5.41, 5.74) is 2.16. The van der Waals surface area contributed by atoms with E-state index in [1.165, 1.54) is 15.6 Å². The summed E-state index contributed by atoms with van der Waals surface area (Å²) in [5, 5.41) is 0.